The van der Waals surface area contributed by atoms with Crippen molar-refractivity contribution < 1.29 is 29.0 Å². The summed E-state index contributed by atoms with van der Waals surface area (Å²) in [5.41, 5.74) is -1.44. The Balaban J connectivity index is 3.12. The van der Waals surface area contributed by atoms with Crippen molar-refractivity contribution in [1.82, 2.24) is 9.80 Å². The van der Waals surface area contributed by atoms with Crippen LogP contribution in [0.15, 0.2) is 0 Å². The van der Waals surface area contributed by atoms with Gasteiger partial charge in [0.1, 0.15) is 11.2 Å². The summed E-state index contributed by atoms with van der Waals surface area (Å²) in [5.74, 6) is -1.19. The first kappa shape index (κ1) is 22.1. The van der Waals surface area contributed by atoms with Crippen LogP contribution in [0.3, 0.4) is 0 Å². The van der Waals surface area contributed by atoms with Crippen LogP contribution in [-0.4, -0.2) is 69.4 Å². The SMILES string of the molecule is CC(C)[C@H]1CN(C(=O)OC(C)(C)C)[C@H](C(=O)O)CN1C(=O)OC(C)(C)C. The van der Waals surface area contributed by atoms with Gasteiger partial charge in [-0.15, -0.1) is 0 Å². The van der Waals surface area contributed by atoms with Gasteiger partial charge in [0.05, 0.1) is 12.6 Å². The number of aliphatic carboxylic acids is 1. The number of carboxylic acids is 1. The normalized spacial score (nSPS) is 21.6. The minimum atomic E-state index is -1.19. The first-order valence-corrected chi connectivity index (χ1v) is 8.84. The number of amides is 2. The zero-order valence-electron chi connectivity index (χ0n) is 17.0. The van der Waals surface area contributed by atoms with Crippen LogP contribution in [0, 0.1) is 5.92 Å². The predicted molar refractivity (Wildman–Crippen MR) is 95.9 cm³/mol. The molecule has 1 saturated heterocycles. The minimum absolute atomic E-state index is 0.00204. The minimum Gasteiger partial charge on any atom is -0.480 e. The van der Waals surface area contributed by atoms with E-state index in [1.165, 1.54) is 9.80 Å². The molecule has 0 aromatic heterocycles. The first-order chi connectivity index (χ1) is 11.6. The maximum absolute atomic E-state index is 12.6. The van der Waals surface area contributed by atoms with Crippen LogP contribution < -0.4 is 0 Å². The van der Waals surface area contributed by atoms with Crippen molar-refractivity contribution >= 4 is 18.2 Å². The maximum Gasteiger partial charge on any atom is 0.411 e. The zero-order valence-corrected chi connectivity index (χ0v) is 17.0. The predicted octanol–water partition coefficient (Wildman–Crippen LogP) is 2.95. The quantitative estimate of drug-likeness (QED) is 0.800. The highest BCUT2D eigenvalue weighted by Gasteiger charge is 2.45. The third-order valence-corrected chi connectivity index (χ3v) is 3.84. The van der Waals surface area contributed by atoms with Crippen molar-refractivity contribution in [2.75, 3.05) is 13.1 Å². The van der Waals surface area contributed by atoms with Crippen molar-refractivity contribution in [3.63, 3.8) is 0 Å². The van der Waals surface area contributed by atoms with Crippen LogP contribution in [-0.2, 0) is 14.3 Å². The summed E-state index contributed by atoms with van der Waals surface area (Å²) in [6.07, 6.45) is -1.27. The van der Waals surface area contributed by atoms with Gasteiger partial charge in [-0.25, -0.2) is 14.4 Å². The fraction of sp³-hybridized carbons (Fsp3) is 0.833. The molecule has 0 aromatic rings. The number of carbonyl (C=O) groups is 3. The van der Waals surface area contributed by atoms with Crippen LogP contribution in [0.25, 0.3) is 0 Å². The van der Waals surface area contributed by atoms with Crippen LogP contribution in [0.1, 0.15) is 55.4 Å². The van der Waals surface area contributed by atoms with Gasteiger partial charge >= 0.3 is 18.2 Å². The molecule has 1 aliphatic rings. The topological polar surface area (TPSA) is 96.4 Å². The van der Waals surface area contributed by atoms with E-state index in [0.29, 0.717) is 0 Å². The fourth-order valence-corrected chi connectivity index (χ4v) is 2.68. The molecule has 1 N–H and O–H groups in total. The van der Waals surface area contributed by atoms with Gasteiger partial charge in [0, 0.05) is 6.54 Å². The van der Waals surface area contributed by atoms with E-state index >= 15 is 0 Å². The molecule has 0 saturated carbocycles. The van der Waals surface area contributed by atoms with E-state index in [4.69, 9.17) is 9.47 Å². The molecule has 0 aromatic carbocycles. The van der Waals surface area contributed by atoms with Crippen LogP contribution in [0.2, 0.25) is 0 Å². The van der Waals surface area contributed by atoms with Crippen LogP contribution in [0.4, 0.5) is 9.59 Å². The van der Waals surface area contributed by atoms with E-state index in [0.717, 1.165) is 0 Å². The van der Waals surface area contributed by atoms with Gasteiger partial charge in [-0.3, -0.25) is 4.90 Å². The highest BCUT2D eigenvalue weighted by molar-refractivity contribution is 5.82. The van der Waals surface area contributed by atoms with Gasteiger partial charge in [-0.05, 0) is 47.5 Å². The molecule has 0 bridgehead atoms. The van der Waals surface area contributed by atoms with Crippen molar-refractivity contribution in [3.8, 4) is 0 Å². The molecule has 26 heavy (non-hydrogen) atoms. The van der Waals surface area contributed by atoms with Crippen molar-refractivity contribution in [3.05, 3.63) is 0 Å². The lowest BCUT2D eigenvalue weighted by atomic mass is 9.97. The number of nitrogens with zero attached hydrogens (tertiary/aromatic N) is 2. The largest absolute Gasteiger partial charge is 0.480 e. The fourth-order valence-electron chi connectivity index (χ4n) is 2.68. The Hall–Kier alpha value is -1.99. The number of carbonyl (C=O) groups excluding carboxylic acids is 2. The van der Waals surface area contributed by atoms with E-state index in [-0.39, 0.29) is 25.0 Å². The third kappa shape index (κ3) is 6.07. The summed E-state index contributed by atoms with van der Waals surface area (Å²) in [6, 6.07) is -1.56. The zero-order chi connectivity index (χ0) is 20.4. The van der Waals surface area contributed by atoms with Crippen LogP contribution in [0.5, 0.6) is 0 Å². The maximum atomic E-state index is 12.6. The molecule has 8 nitrogen and oxygen atoms in total. The Bertz CT molecular complexity index is 547. The Labute approximate surface area is 155 Å². The van der Waals surface area contributed by atoms with E-state index in [2.05, 4.69) is 0 Å². The van der Waals surface area contributed by atoms with Gasteiger partial charge < -0.3 is 19.5 Å². The lowest BCUT2D eigenvalue weighted by Gasteiger charge is -2.46. The van der Waals surface area contributed by atoms with E-state index < -0.39 is 35.4 Å². The molecular formula is C18H32N2O6. The Kier molecular flexibility index (Phi) is 6.54. The smallest absolute Gasteiger partial charge is 0.411 e. The van der Waals surface area contributed by atoms with Gasteiger partial charge in [-0.2, -0.15) is 0 Å². The standard InChI is InChI=1S/C18H32N2O6/c1-11(2)12-9-20(16(24)26-18(6,7)8)13(14(21)22)10-19(12)15(23)25-17(3,4)5/h11-13H,9-10H2,1-8H3,(H,21,22)/t12-,13+/m1/s1. The van der Waals surface area contributed by atoms with Gasteiger partial charge in [0.15, 0.2) is 6.04 Å². The number of rotatable bonds is 2. The molecule has 2 atom stereocenters. The number of hydrogen-bond acceptors (Lipinski definition) is 5. The molecule has 1 fully saturated rings. The molecular weight excluding hydrogens is 340 g/mol. The van der Waals surface area contributed by atoms with Crippen molar-refractivity contribution in [2.45, 2.75) is 78.7 Å². The van der Waals surface area contributed by atoms with Crippen molar-refractivity contribution in [1.29, 1.82) is 0 Å². The molecule has 0 unspecified atom stereocenters. The Morgan fingerprint density at radius 2 is 1.31 bits per heavy atom. The summed E-state index contributed by atoms with van der Waals surface area (Å²) in [5, 5.41) is 9.58. The molecule has 150 valence electrons. The van der Waals surface area contributed by atoms with Gasteiger partial charge in [0.25, 0.3) is 0 Å². The average Bonchev–Trinajstić information content (AvgIpc) is 2.41. The molecule has 8 heteroatoms. The lowest BCUT2D eigenvalue weighted by molar-refractivity contribution is -0.146. The summed E-state index contributed by atoms with van der Waals surface area (Å²) in [6.45, 7) is 14.2. The van der Waals surface area contributed by atoms with Gasteiger partial charge in [0.2, 0.25) is 0 Å². The molecule has 2 amide bonds. The first-order valence-electron chi connectivity index (χ1n) is 8.84. The van der Waals surface area contributed by atoms with Crippen LogP contribution >= 0.6 is 0 Å². The third-order valence-electron chi connectivity index (χ3n) is 3.84. The monoisotopic (exact) mass is 372 g/mol. The number of ether oxygens (including phenoxy) is 2. The molecule has 0 radical (unpaired) electrons. The number of carboxylic acid groups (broad SMARTS) is 1. The van der Waals surface area contributed by atoms with E-state index in [9.17, 15) is 19.5 Å². The number of piperazine rings is 1. The second kappa shape index (κ2) is 7.72. The Morgan fingerprint density at radius 1 is 0.885 bits per heavy atom. The van der Waals surface area contributed by atoms with E-state index in [1.807, 2.05) is 13.8 Å². The average molecular weight is 372 g/mol. The summed E-state index contributed by atoms with van der Waals surface area (Å²) >= 11 is 0. The molecule has 0 aliphatic carbocycles. The Morgan fingerprint density at radius 3 is 1.65 bits per heavy atom. The summed E-state index contributed by atoms with van der Waals surface area (Å²) in [4.78, 5) is 39.4. The molecule has 1 rings (SSSR count). The molecule has 0 spiro atoms. The number of hydrogen-bond donors (Lipinski definition) is 1. The lowest BCUT2D eigenvalue weighted by Crippen LogP contribution is -2.65. The summed E-state index contributed by atoms with van der Waals surface area (Å²) < 4.78 is 10.8. The summed E-state index contributed by atoms with van der Waals surface area (Å²) in [7, 11) is 0. The molecule has 1 heterocycles. The molecule has 1 aliphatic heterocycles. The highest BCUT2D eigenvalue weighted by Crippen LogP contribution is 2.25. The van der Waals surface area contributed by atoms with Crippen molar-refractivity contribution in [2.24, 2.45) is 5.92 Å². The van der Waals surface area contributed by atoms with E-state index in [1.54, 1.807) is 41.5 Å². The second-order valence-electron chi connectivity index (χ2n) is 8.93. The highest BCUT2D eigenvalue weighted by atomic mass is 16.6. The second-order valence-corrected chi connectivity index (χ2v) is 8.93. The van der Waals surface area contributed by atoms with Gasteiger partial charge in [-0.1, -0.05) is 13.8 Å².